The summed E-state index contributed by atoms with van der Waals surface area (Å²) in [6, 6.07) is 1.86. The van der Waals surface area contributed by atoms with Crippen molar-refractivity contribution in [3.8, 4) is 0 Å². The molecule has 1 rings (SSSR count). The van der Waals surface area contributed by atoms with Gasteiger partial charge in [0.25, 0.3) is 0 Å². The van der Waals surface area contributed by atoms with E-state index in [1.54, 1.807) is 6.07 Å². The van der Waals surface area contributed by atoms with Gasteiger partial charge >= 0.3 is 5.97 Å². The number of hydrogen-bond acceptors (Lipinski definition) is 1. The zero-order valence-corrected chi connectivity index (χ0v) is 11.5. The van der Waals surface area contributed by atoms with Crippen LogP contribution < -0.4 is 0 Å². The average Bonchev–Trinajstić information content (AvgIpc) is 2.60. The molecule has 0 aliphatic carbocycles. The van der Waals surface area contributed by atoms with Crippen LogP contribution in [0.1, 0.15) is 50.1 Å². The maximum atomic E-state index is 11.1. The Balaban J connectivity index is 2.89. The van der Waals surface area contributed by atoms with Gasteiger partial charge in [-0.1, -0.05) is 20.3 Å². The minimum Gasteiger partial charge on any atom is -0.477 e. The van der Waals surface area contributed by atoms with Crippen LogP contribution in [0.5, 0.6) is 0 Å². The Labute approximate surface area is 105 Å². The van der Waals surface area contributed by atoms with Crippen molar-refractivity contribution in [1.29, 1.82) is 0 Å². The maximum absolute atomic E-state index is 11.1. The van der Waals surface area contributed by atoms with Gasteiger partial charge in [-0.3, -0.25) is 0 Å². The standard InChI is InChI=1S/C12H18BrNO2/c1-4-8(2)5-9(3)14-7-10(13)6-11(14)12(15)16/h6-9H,4-5H2,1-3H3,(H,15,16). The van der Waals surface area contributed by atoms with Crippen molar-refractivity contribution in [1.82, 2.24) is 4.57 Å². The molecule has 2 unspecified atom stereocenters. The molecule has 4 heteroatoms. The first-order valence-corrected chi connectivity index (χ1v) is 6.35. The lowest BCUT2D eigenvalue weighted by molar-refractivity contribution is 0.0682. The summed E-state index contributed by atoms with van der Waals surface area (Å²) in [4.78, 5) is 11.1. The van der Waals surface area contributed by atoms with Gasteiger partial charge in [-0.2, -0.15) is 0 Å². The molecule has 0 saturated heterocycles. The molecule has 0 amide bonds. The Morgan fingerprint density at radius 1 is 1.56 bits per heavy atom. The van der Waals surface area contributed by atoms with E-state index in [9.17, 15) is 4.79 Å². The molecule has 2 atom stereocenters. The fourth-order valence-electron chi connectivity index (χ4n) is 1.84. The molecule has 90 valence electrons. The molecule has 0 radical (unpaired) electrons. The molecule has 0 spiro atoms. The van der Waals surface area contributed by atoms with E-state index in [2.05, 4.69) is 36.7 Å². The van der Waals surface area contributed by atoms with Gasteiger partial charge in [0, 0.05) is 16.7 Å². The van der Waals surface area contributed by atoms with E-state index < -0.39 is 5.97 Å². The molecule has 1 heterocycles. The summed E-state index contributed by atoms with van der Waals surface area (Å²) >= 11 is 3.32. The highest BCUT2D eigenvalue weighted by Crippen LogP contribution is 2.25. The van der Waals surface area contributed by atoms with Crippen molar-refractivity contribution in [2.24, 2.45) is 5.92 Å². The lowest BCUT2D eigenvalue weighted by Crippen LogP contribution is -2.14. The summed E-state index contributed by atoms with van der Waals surface area (Å²) in [5.41, 5.74) is 0.350. The Bertz CT molecular complexity index is 373. The van der Waals surface area contributed by atoms with Crippen LogP contribution >= 0.6 is 15.9 Å². The number of nitrogens with zero attached hydrogens (tertiary/aromatic N) is 1. The molecule has 3 nitrogen and oxygen atoms in total. The third-order valence-corrected chi connectivity index (χ3v) is 3.38. The van der Waals surface area contributed by atoms with Crippen LogP contribution in [0.2, 0.25) is 0 Å². The quantitative estimate of drug-likeness (QED) is 0.891. The molecule has 0 bridgehead atoms. The third-order valence-electron chi connectivity index (χ3n) is 2.95. The Morgan fingerprint density at radius 2 is 2.19 bits per heavy atom. The lowest BCUT2D eigenvalue weighted by Gasteiger charge is -2.19. The third kappa shape index (κ3) is 3.11. The van der Waals surface area contributed by atoms with Gasteiger partial charge in [0.2, 0.25) is 0 Å². The van der Waals surface area contributed by atoms with E-state index >= 15 is 0 Å². The highest BCUT2D eigenvalue weighted by molar-refractivity contribution is 9.10. The second kappa shape index (κ2) is 5.53. The van der Waals surface area contributed by atoms with Crippen LogP contribution in [0.25, 0.3) is 0 Å². The van der Waals surface area contributed by atoms with Crippen molar-refractivity contribution >= 4 is 21.9 Å². The second-order valence-electron chi connectivity index (χ2n) is 4.35. The van der Waals surface area contributed by atoms with Crippen LogP contribution in [0.3, 0.4) is 0 Å². The zero-order valence-electron chi connectivity index (χ0n) is 9.90. The predicted octanol–water partition coefficient (Wildman–Crippen LogP) is 3.95. The SMILES string of the molecule is CCC(C)CC(C)n1cc(Br)cc1C(=O)O. The van der Waals surface area contributed by atoms with Gasteiger partial charge in [0.05, 0.1) is 0 Å². The molecule has 1 aromatic rings. The second-order valence-corrected chi connectivity index (χ2v) is 5.27. The molecular formula is C12H18BrNO2. The first kappa shape index (κ1) is 13.3. The van der Waals surface area contributed by atoms with Crippen molar-refractivity contribution in [2.45, 2.75) is 39.7 Å². The number of aromatic nitrogens is 1. The first-order valence-electron chi connectivity index (χ1n) is 5.56. The number of rotatable bonds is 5. The fourth-order valence-corrected chi connectivity index (χ4v) is 2.28. The highest BCUT2D eigenvalue weighted by Gasteiger charge is 2.17. The lowest BCUT2D eigenvalue weighted by atomic mass is 10.0. The highest BCUT2D eigenvalue weighted by atomic mass is 79.9. The summed E-state index contributed by atoms with van der Waals surface area (Å²) < 4.78 is 2.65. The van der Waals surface area contributed by atoms with E-state index in [0.717, 1.165) is 17.3 Å². The van der Waals surface area contributed by atoms with Crippen LogP contribution in [0, 0.1) is 5.92 Å². The van der Waals surface area contributed by atoms with Crippen molar-refractivity contribution in [3.63, 3.8) is 0 Å². The van der Waals surface area contributed by atoms with Crippen molar-refractivity contribution in [2.75, 3.05) is 0 Å². The number of carboxylic acids is 1. The summed E-state index contributed by atoms with van der Waals surface area (Å²) in [6.07, 6.45) is 3.96. The molecular weight excluding hydrogens is 270 g/mol. The zero-order chi connectivity index (χ0) is 12.3. The Kier molecular flexibility index (Phi) is 4.59. The predicted molar refractivity (Wildman–Crippen MR) is 67.9 cm³/mol. The van der Waals surface area contributed by atoms with E-state index in [0.29, 0.717) is 11.6 Å². The molecule has 0 saturated carbocycles. The summed E-state index contributed by atoms with van der Waals surface area (Å²) in [5, 5.41) is 9.08. The Morgan fingerprint density at radius 3 is 2.69 bits per heavy atom. The molecule has 1 N–H and O–H groups in total. The molecule has 0 fully saturated rings. The van der Waals surface area contributed by atoms with Gasteiger partial charge in [0.1, 0.15) is 5.69 Å². The number of aromatic carboxylic acids is 1. The number of hydrogen-bond donors (Lipinski definition) is 1. The van der Waals surface area contributed by atoms with Crippen LogP contribution in [-0.2, 0) is 0 Å². The minimum atomic E-state index is -0.873. The number of carbonyl (C=O) groups is 1. The van der Waals surface area contributed by atoms with Crippen LogP contribution in [-0.4, -0.2) is 15.6 Å². The summed E-state index contributed by atoms with van der Waals surface area (Å²) in [6.45, 7) is 6.40. The molecule has 1 aromatic heterocycles. The molecule has 0 aromatic carbocycles. The van der Waals surface area contributed by atoms with Crippen molar-refractivity contribution < 1.29 is 9.90 Å². The number of carboxylic acid groups (broad SMARTS) is 1. The van der Waals surface area contributed by atoms with Gasteiger partial charge in [-0.15, -0.1) is 0 Å². The van der Waals surface area contributed by atoms with Crippen LogP contribution in [0.15, 0.2) is 16.7 Å². The maximum Gasteiger partial charge on any atom is 0.352 e. The Hall–Kier alpha value is -0.770. The minimum absolute atomic E-state index is 0.215. The van der Waals surface area contributed by atoms with Crippen molar-refractivity contribution in [3.05, 3.63) is 22.4 Å². The van der Waals surface area contributed by atoms with Gasteiger partial charge < -0.3 is 9.67 Å². The van der Waals surface area contributed by atoms with Crippen LogP contribution in [0.4, 0.5) is 0 Å². The fraction of sp³-hybridized carbons (Fsp3) is 0.583. The normalized spacial score (nSPS) is 14.8. The van der Waals surface area contributed by atoms with E-state index in [1.807, 2.05) is 10.8 Å². The van der Waals surface area contributed by atoms with Gasteiger partial charge in [-0.25, -0.2) is 4.79 Å². The molecule has 0 aliphatic heterocycles. The number of halogens is 1. The van der Waals surface area contributed by atoms with Gasteiger partial charge in [-0.05, 0) is 41.3 Å². The van der Waals surface area contributed by atoms with E-state index in [4.69, 9.17) is 5.11 Å². The monoisotopic (exact) mass is 287 g/mol. The molecule has 0 aliphatic rings. The largest absolute Gasteiger partial charge is 0.477 e. The van der Waals surface area contributed by atoms with Gasteiger partial charge in [0.15, 0.2) is 0 Å². The topological polar surface area (TPSA) is 42.2 Å². The smallest absolute Gasteiger partial charge is 0.352 e. The molecule has 16 heavy (non-hydrogen) atoms. The van der Waals surface area contributed by atoms with E-state index in [1.165, 1.54) is 0 Å². The first-order chi connectivity index (χ1) is 7.45. The summed E-state index contributed by atoms with van der Waals surface area (Å²) in [5.74, 6) is -0.264. The average molecular weight is 288 g/mol. The summed E-state index contributed by atoms with van der Waals surface area (Å²) in [7, 11) is 0. The van der Waals surface area contributed by atoms with E-state index in [-0.39, 0.29) is 6.04 Å².